The average molecular weight is 353 g/mol. The van der Waals surface area contributed by atoms with E-state index in [0.29, 0.717) is 11.6 Å². The van der Waals surface area contributed by atoms with E-state index in [9.17, 15) is 0 Å². The molecule has 0 bridgehead atoms. The van der Waals surface area contributed by atoms with Gasteiger partial charge >= 0.3 is 0 Å². The third kappa shape index (κ3) is 5.41. The van der Waals surface area contributed by atoms with Gasteiger partial charge in [-0.3, -0.25) is 4.99 Å². The molecule has 0 aliphatic rings. The molecule has 0 aliphatic heterocycles. The predicted molar refractivity (Wildman–Crippen MR) is 96.8 cm³/mol. The first-order chi connectivity index (χ1) is 11.1. The molecule has 0 aliphatic carbocycles. The zero-order valence-corrected chi connectivity index (χ0v) is 15.1. The average Bonchev–Trinajstić information content (AvgIpc) is 2.97. The molecular formula is C16H21ClN4OS. The van der Waals surface area contributed by atoms with Crippen molar-refractivity contribution in [3.8, 4) is 5.75 Å². The lowest BCUT2D eigenvalue weighted by atomic mass is 10.1. The summed E-state index contributed by atoms with van der Waals surface area (Å²) >= 11 is 7.92. The van der Waals surface area contributed by atoms with Crippen molar-refractivity contribution in [3.05, 3.63) is 44.9 Å². The quantitative estimate of drug-likeness (QED) is 0.619. The number of rotatable bonds is 6. The molecule has 7 heteroatoms. The lowest BCUT2D eigenvalue weighted by molar-refractivity contribution is 0.414. The fourth-order valence-electron chi connectivity index (χ4n) is 2.04. The molecule has 0 unspecified atom stereocenters. The van der Waals surface area contributed by atoms with E-state index in [1.165, 1.54) is 4.88 Å². The van der Waals surface area contributed by atoms with E-state index in [0.717, 1.165) is 35.2 Å². The number of ether oxygens (including phenoxy) is 1. The van der Waals surface area contributed by atoms with E-state index in [-0.39, 0.29) is 0 Å². The molecule has 0 saturated carbocycles. The molecule has 1 heterocycles. The van der Waals surface area contributed by atoms with E-state index >= 15 is 0 Å². The maximum atomic E-state index is 6.24. The van der Waals surface area contributed by atoms with Gasteiger partial charge in [0.1, 0.15) is 10.8 Å². The third-order valence-electron chi connectivity index (χ3n) is 3.25. The molecule has 0 amide bonds. The van der Waals surface area contributed by atoms with Crippen LogP contribution < -0.4 is 15.4 Å². The van der Waals surface area contributed by atoms with Crippen molar-refractivity contribution in [2.24, 2.45) is 4.99 Å². The van der Waals surface area contributed by atoms with Crippen LogP contribution in [0.15, 0.2) is 29.4 Å². The van der Waals surface area contributed by atoms with Crippen molar-refractivity contribution in [1.29, 1.82) is 0 Å². The molecule has 2 aromatic rings. The molecule has 1 aromatic carbocycles. The number of guanidine groups is 1. The van der Waals surface area contributed by atoms with Crippen molar-refractivity contribution in [1.82, 2.24) is 15.6 Å². The smallest absolute Gasteiger partial charge is 0.191 e. The summed E-state index contributed by atoms with van der Waals surface area (Å²) in [5.41, 5.74) is 1.07. The van der Waals surface area contributed by atoms with Gasteiger partial charge in [0.25, 0.3) is 0 Å². The number of thiazole rings is 1. The highest BCUT2D eigenvalue weighted by Crippen LogP contribution is 2.22. The molecule has 124 valence electrons. The van der Waals surface area contributed by atoms with Gasteiger partial charge in [-0.15, -0.1) is 11.3 Å². The highest BCUT2D eigenvalue weighted by molar-refractivity contribution is 7.11. The Kier molecular flexibility index (Phi) is 6.67. The maximum Gasteiger partial charge on any atom is 0.191 e. The summed E-state index contributed by atoms with van der Waals surface area (Å²) in [7, 11) is 3.38. The molecule has 0 fully saturated rings. The number of aliphatic imine (C=N–C) groups is 1. The van der Waals surface area contributed by atoms with Crippen LogP contribution in [-0.2, 0) is 13.0 Å². The second-order valence-corrected chi connectivity index (χ2v) is 6.65. The summed E-state index contributed by atoms with van der Waals surface area (Å²) in [6.07, 6.45) is 2.68. The van der Waals surface area contributed by atoms with E-state index in [4.69, 9.17) is 16.3 Å². The number of aryl methyl sites for hydroxylation is 1. The van der Waals surface area contributed by atoms with Crippen molar-refractivity contribution in [2.75, 3.05) is 20.7 Å². The van der Waals surface area contributed by atoms with Gasteiger partial charge in [-0.2, -0.15) is 0 Å². The van der Waals surface area contributed by atoms with Crippen LogP contribution in [0.1, 0.15) is 15.4 Å². The Labute approximate surface area is 145 Å². The second kappa shape index (κ2) is 8.74. The van der Waals surface area contributed by atoms with E-state index < -0.39 is 0 Å². The number of nitrogens with zero attached hydrogens (tertiary/aromatic N) is 2. The van der Waals surface area contributed by atoms with Crippen molar-refractivity contribution in [2.45, 2.75) is 19.9 Å². The van der Waals surface area contributed by atoms with Gasteiger partial charge in [-0.25, -0.2) is 4.98 Å². The SMILES string of the molecule is CN=C(NCCc1ccc(OC)cc1Cl)NCc1ncc(C)s1. The normalized spacial score (nSPS) is 11.4. The molecule has 2 rings (SSSR count). The summed E-state index contributed by atoms with van der Waals surface area (Å²) in [6.45, 7) is 3.46. The van der Waals surface area contributed by atoms with Gasteiger partial charge in [-0.05, 0) is 31.0 Å². The van der Waals surface area contributed by atoms with Gasteiger partial charge in [0, 0.05) is 29.7 Å². The first kappa shape index (κ1) is 17.6. The van der Waals surface area contributed by atoms with Crippen LogP contribution in [0.2, 0.25) is 5.02 Å². The van der Waals surface area contributed by atoms with Crippen molar-refractivity contribution >= 4 is 28.9 Å². The lowest BCUT2D eigenvalue weighted by Gasteiger charge is -2.12. The van der Waals surface area contributed by atoms with Crippen molar-refractivity contribution in [3.63, 3.8) is 0 Å². The number of hydrogen-bond acceptors (Lipinski definition) is 4. The maximum absolute atomic E-state index is 6.24. The Bertz CT molecular complexity index is 672. The largest absolute Gasteiger partial charge is 0.497 e. The number of aromatic nitrogens is 1. The Morgan fingerprint density at radius 3 is 2.83 bits per heavy atom. The van der Waals surface area contributed by atoms with Crippen LogP contribution in [0.5, 0.6) is 5.75 Å². The van der Waals surface area contributed by atoms with Crippen LogP contribution in [0.4, 0.5) is 0 Å². The van der Waals surface area contributed by atoms with Crippen molar-refractivity contribution < 1.29 is 4.74 Å². The third-order valence-corrected chi connectivity index (χ3v) is 4.51. The number of hydrogen-bond donors (Lipinski definition) is 2. The van der Waals surface area contributed by atoms with Gasteiger partial charge in [0.05, 0.1) is 13.7 Å². The molecular weight excluding hydrogens is 332 g/mol. The monoisotopic (exact) mass is 352 g/mol. The van der Waals surface area contributed by atoms with E-state index in [1.54, 1.807) is 25.5 Å². The van der Waals surface area contributed by atoms with E-state index in [2.05, 4.69) is 20.6 Å². The molecule has 5 nitrogen and oxygen atoms in total. The minimum Gasteiger partial charge on any atom is -0.497 e. The second-order valence-electron chi connectivity index (χ2n) is 4.92. The summed E-state index contributed by atoms with van der Waals surface area (Å²) in [5, 5.41) is 8.29. The summed E-state index contributed by atoms with van der Waals surface area (Å²) in [6, 6.07) is 5.73. The Balaban J connectivity index is 1.79. The molecule has 1 aromatic heterocycles. The summed E-state index contributed by atoms with van der Waals surface area (Å²) in [4.78, 5) is 9.74. The summed E-state index contributed by atoms with van der Waals surface area (Å²) in [5.74, 6) is 1.52. The number of nitrogens with one attached hydrogen (secondary N) is 2. The van der Waals surface area contributed by atoms with Crippen LogP contribution in [-0.4, -0.2) is 31.6 Å². The first-order valence-corrected chi connectivity index (χ1v) is 8.50. The van der Waals surface area contributed by atoms with Crippen LogP contribution in [0, 0.1) is 6.92 Å². The van der Waals surface area contributed by atoms with Gasteiger partial charge in [0.15, 0.2) is 5.96 Å². The molecule has 0 radical (unpaired) electrons. The van der Waals surface area contributed by atoms with Crippen LogP contribution in [0.3, 0.4) is 0 Å². The van der Waals surface area contributed by atoms with Gasteiger partial charge in [0.2, 0.25) is 0 Å². The number of methoxy groups -OCH3 is 1. The van der Waals surface area contributed by atoms with Crippen LogP contribution in [0.25, 0.3) is 0 Å². The van der Waals surface area contributed by atoms with Gasteiger partial charge < -0.3 is 15.4 Å². The lowest BCUT2D eigenvalue weighted by Crippen LogP contribution is -2.37. The predicted octanol–water partition coefficient (Wildman–Crippen LogP) is 3.02. The highest BCUT2D eigenvalue weighted by Gasteiger charge is 2.04. The molecule has 0 spiro atoms. The molecule has 0 atom stereocenters. The summed E-state index contributed by atoms with van der Waals surface area (Å²) < 4.78 is 5.15. The van der Waals surface area contributed by atoms with E-state index in [1.807, 2.05) is 31.3 Å². The highest BCUT2D eigenvalue weighted by atomic mass is 35.5. The number of benzene rings is 1. The number of halogens is 1. The molecule has 2 N–H and O–H groups in total. The standard InChI is InChI=1S/C16H21ClN4OS/c1-11-9-20-15(23-11)10-21-16(18-2)19-7-6-12-4-5-13(22-3)8-14(12)17/h4-5,8-9H,6-7,10H2,1-3H3,(H2,18,19,21). The Morgan fingerprint density at radius 2 is 2.22 bits per heavy atom. The zero-order valence-electron chi connectivity index (χ0n) is 13.5. The fourth-order valence-corrected chi connectivity index (χ4v) is 3.03. The Morgan fingerprint density at radius 1 is 1.39 bits per heavy atom. The zero-order chi connectivity index (χ0) is 16.7. The molecule has 0 saturated heterocycles. The minimum atomic E-state index is 0.668. The minimum absolute atomic E-state index is 0.668. The first-order valence-electron chi connectivity index (χ1n) is 7.30. The molecule has 23 heavy (non-hydrogen) atoms. The van der Waals surface area contributed by atoms with Gasteiger partial charge in [-0.1, -0.05) is 17.7 Å². The van der Waals surface area contributed by atoms with Crippen LogP contribution >= 0.6 is 22.9 Å². The Hall–Kier alpha value is -1.79. The fraction of sp³-hybridized carbons (Fsp3) is 0.375. The topological polar surface area (TPSA) is 58.5 Å².